The summed E-state index contributed by atoms with van der Waals surface area (Å²) in [6.45, 7) is 4.45. The number of aryl methyl sites for hydroxylation is 1. The van der Waals surface area contributed by atoms with Crippen LogP contribution in [0.15, 0.2) is 23.1 Å². The first-order valence-corrected chi connectivity index (χ1v) is 6.93. The van der Waals surface area contributed by atoms with Gasteiger partial charge in [-0.1, -0.05) is 5.21 Å². The fraction of sp³-hybridized carbons (Fsp3) is 0.455. The summed E-state index contributed by atoms with van der Waals surface area (Å²) in [6.07, 6.45) is 6.21. The molecule has 0 aliphatic rings. The molecule has 7 nitrogen and oxygen atoms in total. The molecule has 0 aliphatic carbocycles. The van der Waals surface area contributed by atoms with Crippen LogP contribution in [0, 0.1) is 0 Å². The van der Waals surface area contributed by atoms with Gasteiger partial charge in [0.2, 0.25) is 5.95 Å². The van der Waals surface area contributed by atoms with Crippen molar-refractivity contribution >= 4 is 27.7 Å². The van der Waals surface area contributed by atoms with Crippen molar-refractivity contribution in [1.29, 1.82) is 0 Å². The van der Waals surface area contributed by atoms with Gasteiger partial charge in [0.05, 0.1) is 10.7 Å². The number of anilines is 2. The largest absolute Gasteiger partial charge is 0.369 e. The van der Waals surface area contributed by atoms with Crippen LogP contribution in [0.4, 0.5) is 11.8 Å². The van der Waals surface area contributed by atoms with E-state index in [1.54, 1.807) is 17.1 Å². The van der Waals surface area contributed by atoms with Crippen molar-refractivity contribution in [2.24, 2.45) is 0 Å². The first kappa shape index (κ1) is 13.7. The monoisotopic (exact) mass is 325 g/mol. The van der Waals surface area contributed by atoms with Crippen LogP contribution < -0.4 is 10.6 Å². The molecular weight excluding hydrogens is 310 g/mol. The molecule has 2 heterocycles. The Kier molecular flexibility index (Phi) is 5.08. The second-order valence-electron chi connectivity index (χ2n) is 3.87. The molecule has 0 saturated carbocycles. The minimum atomic E-state index is 0.629. The van der Waals surface area contributed by atoms with Crippen LogP contribution in [0.3, 0.4) is 0 Å². The van der Waals surface area contributed by atoms with E-state index >= 15 is 0 Å². The summed E-state index contributed by atoms with van der Waals surface area (Å²) in [5, 5.41) is 14.0. The highest BCUT2D eigenvalue weighted by molar-refractivity contribution is 9.10. The minimum Gasteiger partial charge on any atom is -0.369 e. The molecule has 0 aliphatic heterocycles. The van der Waals surface area contributed by atoms with Crippen molar-refractivity contribution in [2.45, 2.75) is 19.9 Å². The summed E-state index contributed by atoms with van der Waals surface area (Å²) in [5.41, 5.74) is 0. The van der Waals surface area contributed by atoms with E-state index in [9.17, 15) is 0 Å². The Bertz CT molecular complexity index is 500. The Balaban J connectivity index is 1.83. The van der Waals surface area contributed by atoms with E-state index in [1.807, 2.05) is 13.1 Å². The molecule has 0 aromatic carbocycles. The van der Waals surface area contributed by atoms with Crippen molar-refractivity contribution in [3.8, 4) is 0 Å². The third-order valence-corrected chi connectivity index (χ3v) is 2.99. The van der Waals surface area contributed by atoms with Crippen LogP contribution in [0.2, 0.25) is 0 Å². The lowest BCUT2D eigenvalue weighted by Crippen LogP contribution is -2.10. The van der Waals surface area contributed by atoms with E-state index in [4.69, 9.17) is 0 Å². The zero-order chi connectivity index (χ0) is 13.5. The van der Waals surface area contributed by atoms with Gasteiger partial charge in [-0.25, -0.2) is 4.98 Å². The van der Waals surface area contributed by atoms with E-state index in [1.165, 1.54) is 0 Å². The molecule has 2 rings (SSSR count). The Hall–Kier alpha value is -1.70. The van der Waals surface area contributed by atoms with Crippen LogP contribution in [0.5, 0.6) is 0 Å². The summed E-state index contributed by atoms with van der Waals surface area (Å²) < 4.78 is 2.66. The molecule has 2 aromatic heterocycles. The van der Waals surface area contributed by atoms with E-state index in [0.717, 1.165) is 36.3 Å². The average Bonchev–Trinajstić information content (AvgIpc) is 2.91. The highest BCUT2D eigenvalue weighted by Crippen LogP contribution is 2.19. The van der Waals surface area contributed by atoms with E-state index in [-0.39, 0.29) is 0 Å². The van der Waals surface area contributed by atoms with Crippen LogP contribution in [-0.2, 0) is 6.54 Å². The number of hydrogen-bond donors (Lipinski definition) is 2. The maximum absolute atomic E-state index is 4.38. The minimum absolute atomic E-state index is 0.629. The van der Waals surface area contributed by atoms with Gasteiger partial charge < -0.3 is 10.6 Å². The van der Waals surface area contributed by atoms with Crippen LogP contribution in [0.1, 0.15) is 13.3 Å². The fourth-order valence-corrected chi connectivity index (χ4v) is 1.87. The quantitative estimate of drug-likeness (QED) is 0.755. The molecule has 0 radical (unpaired) electrons. The summed E-state index contributed by atoms with van der Waals surface area (Å²) in [5.74, 6) is 1.43. The van der Waals surface area contributed by atoms with Crippen LogP contribution in [0.25, 0.3) is 0 Å². The van der Waals surface area contributed by atoms with Gasteiger partial charge in [-0.05, 0) is 29.3 Å². The van der Waals surface area contributed by atoms with Crippen LogP contribution >= 0.6 is 15.9 Å². The lowest BCUT2D eigenvalue weighted by Gasteiger charge is -2.09. The number of nitrogens with one attached hydrogen (secondary N) is 2. The third-order valence-electron chi connectivity index (χ3n) is 2.41. The average molecular weight is 326 g/mol. The number of rotatable bonds is 7. The molecule has 0 spiro atoms. The topological polar surface area (TPSA) is 80.5 Å². The molecular formula is C11H16BrN7. The normalized spacial score (nSPS) is 10.4. The molecule has 2 aromatic rings. The SMILES string of the molecule is CCNc1ncc(Br)c(NCCCn2ccnn2)n1. The number of halogens is 1. The second kappa shape index (κ2) is 7.03. The zero-order valence-electron chi connectivity index (χ0n) is 10.7. The van der Waals surface area contributed by atoms with E-state index < -0.39 is 0 Å². The molecule has 0 saturated heterocycles. The number of hydrogen-bond acceptors (Lipinski definition) is 6. The smallest absolute Gasteiger partial charge is 0.224 e. The van der Waals surface area contributed by atoms with Crippen molar-refractivity contribution in [2.75, 3.05) is 23.7 Å². The van der Waals surface area contributed by atoms with Crippen LogP contribution in [-0.4, -0.2) is 38.1 Å². The molecule has 19 heavy (non-hydrogen) atoms. The summed E-state index contributed by atoms with van der Waals surface area (Å²) in [7, 11) is 0. The van der Waals surface area contributed by atoms with E-state index in [0.29, 0.717) is 5.95 Å². The molecule has 8 heteroatoms. The van der Waals surface area contributed by atoms with Gasteiger partial charge in [-0.15, -0.1) is 5.10 Å². The lowest BCUT2D eigenvalue weighted by atomic mass is 10.4. The molecule has 0 unspecified atom stereocenters. The molecule has 0 fully saturated rings. The molecule has 0 atom stereocenters. The van der Waals surface area contributed by atoms with Gasteiger partial charge >= 0.3 is 0 Å². The molecule has 2 N–H and O–H groups in total. The lowest BCUT2D eigenvalue weighted by molar-refractivity contribution is 0.569. The first-order chi connectivity index (χ1) is 9.29. The maximum atomic E-state index is 4.38. The van der Waals surface area contributed by atoms with Gasteiger partial charge in [-0.2, -0.15) is 4.98 Å². The third kappa shape index (κ3) is 4.16. The van der Waals surface area contributed by atoms with Crippen molar-refractivity contribution < 1.29 is 0 Å². The first-order valence-electron chi connectivity index (χ1n) is 6.14. The predicted octanol–water partition coefficient (Wildman–Crippen LogP) is 1.76. The highest BCUT2D eigenvalue weighted by Gasteiger charge is 2.03. The van der Waals surface area contributed by atoms with Crippen molar-refractivity contribution in [1.82, 2.24) is 25.0 Å². The molecule has 0 bridgehead atoms. The van der Waals surface area contributed by atoms with Gasteiger partial charge in [0, 0.05) is 32.0 Å². The van der Waals surface area contributed by atoms with Gasteiger partial charge in [0.15, 0.2) is 0 Å². The van der Waals surface area contributed by atoms with Gasteiger partial charge in [0.25, 0.3) is 0 Å². The van der Waals surface area contributed by atoms with E-state index in [2.05, 4.69) is 46.8 Å². The zero-order valence-corrected chi connectivity index (χ0v) is 12.3. The van der Waals surface area contributed by atoms with Crippen molar-refractivity contribution in [3.05, 3.63) is 23.1 Å². The Morgan fingerprint density at radius 1 is 1.37 bits per heavy atom. The standard InChI is InChI=1S/C11H16BrN7/c1-2-13-11-15-8-9(12)10(17-11)14-4-3-6-19-7-5-16-18-19/h5,7-8H,2-4,6H2,1H3,(H2,13,14,15,17). The molecule has 0 amide bonds. The molecule has 102 valence electrons. The second-order valence-corrected chi connectivity index (χ2v) is 4.72. The summed E-state index contributed by atoms with van der Waals surface area (Å²) >= 11 is 3.43. The number of aromatic nitrogens is 5. The summed E-state index contributed by atoms with van der Waals surface area (Å²) in [4.78, 5) is 8.55. The van der Waals surface area contributed by atoms with Gasteiger partial charge in [0.1, 0.15) is 5.82 Å². The van der Waals surface area contributed by atoms with Crippen molar-refractivity contribution in [3.63, 3.8) is 0 Å². The Morgan fingerprint density at radius 2 is 2.26 bits per heavy atom. The summed E-state index contributed by atoms with van der Waals surface area (Å²) in [6, 6.07) is 0. The number of nitrogens with zero attached hydrogens (tertiary/aromatic N) is 5. The Labute approximate surface area is 120 Å². The fourth-order valence-electron chi connectivity index (χ4n) is 1.53. The Morgan fingerprint density at radius 3 is 3.00 bits per heavy atom. The maximum Gasteiger partial charge on any atom is 0.224 e. The predicted molar refractivity (Wildman–Crippen MR) is 77.0 cm³/mol. The van der Waals surface area contributed by atoms with Gasteiger partial charge in [-0.3, -0.25) is 4.68 Å². The highest BCUT2D eigenvalue weighted by atomic mass is 79.9.